The van der Waals surface area contributed by atoms with Gasteiger partial charge in [0.15, 0.2) is 0 Å². The summed E-state index contributed by atoms with van der Waals surface area (Å²) in [6.07, 6.45) is 0. The van der Waals surface area contributed by atoms with Gasteiger partial charge in [0.25, 0.3) is 0 Å². The van der Waals surface area contributed by atoms with Crippen molar-refractivity contribution in [2.24, 2.45) is 0 Å². The summed E-state index contributed by atoms with van der Waals surface area (Å²) in [5, 5.41) is 0. The number of esters is 1. The predicted octanol–water partition coefficient (Wildman–Crippen LogP) is 0.879. The van der Waals surface area contributed by atoms with Crippen molar-refractivity contribution in [3.63, 3.8) is 0 Å². The quantitative estimate of drug-likeness (QED) is 0.343. The van der Waals surface area contributed by atoms with Crippen molar-refractivity contribution in [2.45, 2.75) is 4.59 Å². The van der Waals surface area contributed by atoms with Crippen LogP contribution in [-0.4, -0.2) is 47.2 Å². The van der Waals surface area contributed by atoms with Gasteiger partial charge < -0.3 is 4.74 Å². The van der Waals surface area contributed by atoms with Crippen molar-refractivity contribution in [1.82, 2.24) is 0 Å². The smallest absolute Gasteiger partial charge is 0.375 e. The van der Waals surface area contributed by atoms with Crippen LogP contribution in [0.25, 0.3) is 0 Å². The van der Waals surface area contributed by atoms with Crippen molar-refractivity contribution in [1.29, 1.82) is 0 Å². The van der Waals surface area contributed by atoms with Crippen LogP contribution in [-0.2, 0) is 9.53 Å². The summed E-state index contributed by atoms with van der Waals surface area (Å²) in [5.74, 6) is -1.30. The molecule has 9 heavy (non-hydrogen) atoms. The summed E-state index contributed by atoms with van der Waals surface area (Å²) in [7, 11) is 0.988. The van der Waals surface area contributed by atoms with E-state index in [1.54, 1.807) is 0 Å². The fourth-order valence-corrected chi connectivity index (χ4v) is 0.270. The van der Waals surface area contributed by atoms with E-state index in [-0.39, 0.29) is 29.6 Å². The number of methoxy groups -OCH3 is 1. The second-order valence-corrected chi connectivity index (χ2v) is 2.22. The maximum atomic E-state index is 11.8. The molecule has 2 nitrogen and oxygen atoms in total. The zero-order chi connectivity index (χ0) is 6.78. The molecule has 0 aromatic heterocycles. The van der Waals surface area contributed by atoms with Gasteiger partial charge in [0.2, 0.25) is 0 Å². The Labute approximate surface area is 83.9 Å². The van der Waals surface area contributed by atoms with Gasteiger partial charge in [0.05, 0.1) is 7.11 Å². The van der Waals surface area contributed by atoms with Crippen LogP contribution in [0, 0.1) is 0 Å². The molecule has 0 unspecified atom stereocenters. The van der Waals surface area contributed by atoms with E-state index in [2.05, 4.69) is 27.9 Å². The Morgan fingerprint density at radius 3 is 2.00 bits per heavy atom. The first kappa shape index (κ1) is 12.6. The van der Waals surface area contributed by atoms with E-state index in [0.29, 0.717) is 0 Å². The number of ether oxygens (including phenoxy) is 1. The van der Waals surface area contributed by atoms with Crippen molar-refractivity contribution < 1.29 is 13.9 Å². The van der Waals surface area contributed by atoms with Gasteiger partial charge in [-0.25, -0.2) is 4.79 Å². The summed E-state index contributed by atoms with van der Waals surface area (Å²) in [4.78, 5) is 9.97. The molecule has 0 saturated carbocycles. The fourth-order valence-electron chi connectivity index (χ4n) is 0.116. The molecule has 0 saturated heterocycles. The molecule has 0 aliphatic carbocycles. The van der Waals surface area contributed by atoms with Crippen molar-refractivity contribution >= 4 is 58.7 Å². The first-order valence-electron chi connectivity index (χ1n) is 1.63. The Balaban J connectivity index is 0. The molecule has 0 atom stereocenters. The summed E-state index contributed by atoms with van der Waals surface area (Å²) in [6.45, 7) is 0. The Bertz CT molecular complexity index is 102. The van der Waals surface area contributed by atoms with Gasteiger partial charge in [-0.05, 0) is 0 Å². The molecule has 0 amide bonds. The van der Waals surface area contributed by atoms with Gasteiger partial charge in [-0.1, -0.05) is 23.2 Å². The largest absolute Gasteiger partial charge is 0.465 e. The van der Waals surface area contributed by atoms with E-state index in [4.69, 9.17) is 0 Å². The molecular formula is C3H3Cl2FNaO2. The molecular weight excluding hydrogens is 181 g/mol. The van der Waals surface area contributed by atoms with Gasteiger partial charge in [-0.3, -0.25) is 0 Å². The number of alkyl halides is 3. The second-order valence-electron chi connectivity index (χ2n) is 0.989. The van der Waals surface area contributed by atoms with Gasteiger partial charge in [0.1, 0.15) is 0 Å². The number of halogens is 3. The second kappa shape index (κ2) is 4.74. The molecule has 0 spiro atoms. The van der Waals surface area contributed by atoms with E-state index < -0.39 is 10.6 Å². The molecule has 0 aliphatic rings. The molecule has 0 heterocycles. The van der Waals surface area contributed by atoms with Gasteiger partial charge in [-0.15, -0.1) is 0 Å². The van der Waals surface area contributed by atoms with E-state index in [9.17, 15) is 9.18 Å². The normalized spacial score (nSPS) is 9.78. The topological polar surface area (TPSA) is 26.3 Å². The maximum absolute atomic E-state index is 11.8. The van der Waals surface area contributed by atoms with Crippen molar-refractivity contribution in [3.05, 3.63) is 0 Å². The molecule has 49 valence electrons. The molecule has 1 radical (unpaired) electrons. The third-order valence-corrected chi connectivity index (χ3v) is 0.725. The summed E-state index contributed by atoms with van der Waals surface area (Å²) in [6, 6.07) is 0. The SMILES string of the molecule is COC(=O)C(F)(Cl)Cl.[Na]. The summed E-state index contributed by atoms with van der Waals surface area (Å²) < 4.78 is 12.8. The van der Waals surface area contributed by atoms with Crippen LogP contribution < -0.4 is 0 Å². The van der Waals surface area contributed by atoms with Crippen LogP contribution in [0.1, 0.15) is 0 Å². The predicted molar refractivity (Wildman–Crippen MR) is 33.3 cm³/mol. The molecule has 0 fully saturated rings. The van der Waals surface area contributed by atoms with Crippen LogP contribution in [0.2, 0.25) is 0 Å². The van der Waals surface area contributed by atoms with Crippen LogP contribution in [0.4, 0.5) is 4.39 Å². The van der Waals surface area contributed by atoms with E-state index in [1.165, 1.54) is 0 Å². The van der Waals surface area contributed by atoms with Gasteiger partial charge in [0, 0.05) is 29.6 Å². The zero-order valence-electron chi connectivity index (χ0n) is 4.95. The van der Waals surface area contributed by atoms with Crippen molar-refractivity contribution in [3.8, 4) is 0 Å². The van der Waals surface area contributed by atoms with Crippen molar-refractivity contribution in [2.75, 3.05) is 7.11 Å². The van der Waals surface area contributed by atoms with Gasteiger partial charge in [-0.2, -0.15) is 4.39 Å². The Morgan fingerprint density at radius 1 is 1.67 bits per heavy atom. The molecule has 0 bridgehead atoms. The Kier molecular flexibility index (Phi) is 6.66. The maximum Gasteiger partial charge on any atom is 0.375 e. The summed E-state index contributed by atoms with van der Waals surface area (Å²) in [5.41, 5.74) is 0. The van der Waals surface area contributed by atoms with E-state index in [1.807, 2.05) is 0 Å². The van der Waals surface area contributed by atoms with Crippen LogP contribution >= 0.6 is 23.2 Å². The molecule has 6 heteroatoms. The third-order valence-electron chi connectivity index (χ3n) is 0.417. The molecule has 0 aliphatic heterocycles. The van der Waals surface area contributed by atoms with Crippen LogP contribution in [0.15, 0.2) is 0 Å². The zero-order valence-corrected chi connectivity index (χ0v) is 8.46. The average molecular weight is 184 g/mol. The Morgan fingerprint density at radius 2 is 2.00 bits per heavy atom. The number of carbonyl (C=O) groups is 1. The van der Waals surface area contributed by atoms with Crippen LogP contribution in [0.5, 0.6) is 0 Å². The molecule has 0 aromatic rings. The van der Waals surface area contributed by atoms with Gasteiger partial charge >= 0.3 is 10.6 Å². The molecule has 0 N–H and O–H groups in total. The number of carbonyl (C=O) groups excluding carboxylic acids is 1. The Hall–Kier alpha value is 0.980. The van der Waals surface area contributed by atoms with E-state index in [0.717, 1.165) is 7.11 Å². The fraction of sp³-hybridized carbons (Fsp3) is 0.667. The minimum atomic E-state index is -2.91. The number of rotatable bonds is 1. The average Bonchev–Trinajstić information content (AvgIpc) is 1.62. The number of hydrogen-bond donors (Lipinski definition) is 0. The first-order valence-corrected chi connectivity index (χ1v) is 2.39. The molecule has 0 aromatic carbocycles. The monoisotopic (exact) mass is 183 g/mol. The third kappa shape index (κ3) is 5.43. The molecule has 0 rings (SSSR count). The van der Waals surface area contributed by atoms with E-state index >= 15 is 0 Å². The number of hydrogen-bond acceptors (Lipinski definition) is 2. The first-order chi connectivity index (χ1) is 3.48. The standard InChI is InChI=1S/C3H3Cl2FO2.Na/c1-8-2(7)3(4,5)6;/h1H3;. The minimum absolute atomic E-state index is 0. The minimum Gasteiger partial charge on any atom is -0.465 e. The van der Waals surface area contributed by atoms with Crippen LogP contribution in [0.3, 0.4) is 0 Å². The summed E-state index contributed by atoms with van der Waals surface area (Å²) >= 11 is 9.22.